The molecule has 88 valence electrons. The van der Waals surface area contributed by atoms with E-state index in [1.165, 1.54) is 0 Å². The Bertz CT molecular complexity index is 518. The van der Waals surface area contributed by atoms with E-state index in [2.05, 4.69) is 15.9 Å². The predicted molar refractivity (Wildman–Crippen MR) is 75.3 cm³/mol. The van der Waals surface area contributed by atoms with Crippen LogP contribution in [0.25, 0.3) is 0 Å². The zero-order valence-electron chi connectivity index (χ0n) is 9.15. The van der Waals surface area contributed by atoms with Crippen molar-refractivity contribution in [2.45, 2.75) is 12.8 Å². The van der Waals surface area contributed by atoms with Crippen molar-refractivity contribution in [2.75, 3.05) is 5.73 Å². The second kappa shape index (κ2) is 5.47. The van der Waals surface area contributed by atoms with Gasteiger partial charge in [-0.25, -0.2) is 0 Å². The standard InChI is InChI=1S/C13H12BrNOS/c14-10-6-13(17-8-10)7-12(16)5-9-1-3-11(15)4-2-9/h1-4,6,8H,5,7,15H2. The van der Waals surface area contributed by atoms with Gasteiger partial charge in [-0.05, 0) is 39.7 Å². The van der Waals surface area contributed by atoms with Gasteiger partial charge < -0.3 is 5.73 Å². The monoisotopic (exact) mass is 309 g/mol. The molecule has 1 aromatic heterocycles. The van der Waals surface area contributed by atoms with E-state index in [9.17, 15) is 4.79 Å². The summed E-state index contributed by atoms with van der Waals surface area (Å²) in [4.78, 5) is 12.9. The van der Waals surface area contributed by atoms with E-state index in [0.29, 0.717) is 12.8 Å². The van der Waals surface area contributed by atoms with Crippen molar-refractivity contribution in [3.8, 4) is 0 Å². The molecule has 1 aromatic carbocycles. The van der Waals surface area contributed by atoms with Crippen molar-refractivity contribution in [1.29, 1.82) is 0 Å². The number of halogens is 1. The fourth-order valence-corrected chi connectivity index (χ4v) is 3.05. The van der Waals surface area contributed by atoms with Crippen LogP contribution < -0.4 is 5.73 Å². The van der Waals surface area contributed by atoms with Gasteiger partial charge >= 0.3 is 0 Å². The number of thiophene rings is 1. The lowest BCUT2D eigenvalue weighted by Crippen LogP contribution is -2.05. The Kier molecular flexibility index (Phi) is 3.97. The van der Waals surface area contributed by atoms with Crippen LogP contribution in [0.2, 0.25) is 0 Å². The summed E-state index contributed by atoms with van der Waals surface area (Å²) < 4.78 is 1.04. The molecule has 0 aliphatic carbocycles. The Morgan fingerprint density at radius 2 is 1.94 bits per heavy atom. The third-order valence-electron chi connectivity index (χ3n) is 2.37. The number of hydrogen-bond donors (Lipinski definition) is 1. The number of nitrogen functional groups attached to an aromatic ring is 1. The average molecular weight is 310 g/mol. The van der Waals surface area contributed by atoms with E-state index < -0.39 is 0 Å². The third-order valence-corrected chi connectivity index (χ3v) is 4.07. The van der Waals surface area contributed by atoms with E-state index in [1.54, 1.807) is 11.3 Å². The Morgan fingerprint density at radius 1 is 1.24 bits per heavy atom. The molecule has 0 saturated carbocycles. The number of anilines is 1. The summed E-state index contributed by atoms with van der Waals surface area (Å²) in [7, 11) is 0. The molecular formula is C13H12BrNOS. The molecule has 4 heteroatoms. The maximum absolute atomic E-state index is 11.8. The van der Waals surface area contributed by atoms with Crippen LogP contribution in [-0.2, 0) is 17.6 Å². The molecule has 0 aliphatic heterocycles. The van der Waals surface area contributed by atoms with Crippen molar-refractivity contribution >= 4 is 38.7 Å². The summed E-state index contributed by atoms with van der Waals surface area (Å²) in [6, 6.07) is 9.44. The average Bonchev–Trinajstić information content (AvgIpc) is 2.67. The Labute approximate surface area is 113 Å². The Balaban J connectivity index is 1.95. The predicted octanol–water partition coefficient (Wildman–Crippen LogP) is 3.45. The topological polar surface area (TPSA) is 43.1 Å². The highest BCUT2D eigenvalue weighted by Crippen LogP contribution is 2.20. The first-order valence-corrected chi connectivity index (χ1v) is 6.90. The molecule has 2 nitrogen and oxygen atoms in total. The van der Waals surface area contributed by atoms with Crippen molar-refractivity contribution in [1.82, 2.24) is 0 Å². The maximum Gasteiger partial charge on any atom is 0.142 e. The number of benzene rings is 1. The van der Waals surface area contributed by atoms with Gasteiger partial charge in [0.15, 0.2) is 0 Å². The largest absolute Gasteiger partial charge is 0.399 e. The Morgan fingerprint density at radius 3 is 2.53 bits per heavy atom. The quantitative estimate of drug-likeness (QED) is 0.879. The van der Waals surface area contributed by atoms with Gasteiger partial charge in [-0.3, -0.25) is 4.79 Å². The van der Waals surface area contributed by atoms with Crippen molar-refractivity contribution in [3.63, 3.8) is 0 Å². The second-order valence-electron chi connectivity index (χ2n) is 3.87. The van der Waals surface area contributed by atoms with E-state index in [0.717, 1.165) is 20.6 Å². The number of carbonyl (C=O) groups excluding carboxylic acids is 1. The van der Waals surface area contributed by atoms with E-state index in [1.807, 2.05) is 35.7 Å². The smallest absolute Gasteiger partial charge is 0.142 e. The van der Waals surface area contributed by atoms with Crippen LogP contribution in [0.15, 0.2) is 40.2 Å². The van der Waals surface area contributed by atoms with Crippen LogP contribution in [-0.4, -0.2) is 5.78 Å². The van der Waals surface area contributed by atoms with Gasteiger partial charge in [0.2, 0.25) is 0 Å². The zero-order chi connectivity index (χ0) is 12.3. The number of hydrogen-bond acceptors (Lipinski definition) is 3. The number of Topliss-reactive ketones (excluding diaryl/α,β-unsaturated/α-hetero) is 1. The second-order valence-corrected chi connectivity index (χ2v) is 5.78. The molecule has 0 saturated heterocycles. The summed E-state index contributed by atoms with van der Waals surface area (Å²) in [5.74, 6) is 0.226. The highest BCUT2D eigenvalue weighted by atomic mass is 79.9. The minimum Gasteiger partial charge on any atom is -0.399 e. The van der Waals surface area contributed by atoms with Crippen LogP contribution in [0.4, 0.5) is 5.69 Å². The van der Waals surface area contributed by atoms with Crippen molar-refractivity contribution in [3.05, 3.63) is 50.6 Å². The molecule has 0 amide bonds. The van der Waals surface area contributed by atoms with Gasteiger partial charge in [0, 0.05) is 33.3 Å². The lowest BCUT2D eigenvalue weighted by atomic mass is 10.1. The molecule has 1 heterocycles. The summed E-state index contributed by atoms with van der Waals surface area (Å²) in [5, 5.41) is 1.99. The normalized spacial score (nSPS) is 10.4. The molecule has 2 rings (SSSR count). The first-order chi connectivity index (χ1) is 8.13. The lowest BCUT2D eigenvalue weighted by Gasteiger charge is -2.00. The molecule has 0 unspecified atom stereocenters. The number of carbonyl (C=O) groups is 1. The molecule has 0 bridgehead atoms. The number of ketones is 1. The highest BCUT2D eigenvalue weighted by Gasteiger charge is 2.07. The van der Waals surface area contributed by atoms with Crippen LogP contribution in [0.3, 0.4) is 0 Å². The fourth-order valence-electron chi connectivity index (χ4n) is 1.57. The molecule has 0 radical (unpaired) electrons. The molecule has 2 N–H and O–H groups in total. The van der Waals surface area contributed by atoms with Gasteiger partial charge in [0.25, 0.3) is 0 Å². The van der Waals surface area contributed by atoms with E-state index in [-0.39, 0.29) is 5.78 Å². The number of nitrogens with two attached hydrogens (primary N) is 1. The van der Waals surface area contributed by atoms with Crippen LogP contribution in [0, 0.1) is 0 Å². The molecule has 17 heavy (non-hydrogen) atoms. The minimum atomic E-state index is 0.226. The van der Waals surface area contributed by atoms with Crippen molar-refractivity contribution in [2.24, 2.45) is 0 Å². The first kappa shape index (κ1) is 12.3. The SMILES string of the molecule is Nc1ccc(CC(=O)Cc2cc(Br)cs2)cc1. The number of rotatable bonds is 4. The fraction of sp³-hybridized carbons (Fsp3) is 0.154. The van der Waals surface area contributed by atoms with E-state index >= 15 is 0 Å². The lowest BCUT2D eigenvalue weighted by molar-refractivity contribution is -0.117. The van der Waals surface area contributed by atoms with E-state index in [4.69, 9.17) is 5.73 Å². The summed E-state index contributed by atoms with van der Waals surface area (Å²) >= 11 is 4.99. The molecule has 0 spiro atoms. The minimum absolute atomic E-state index is 0.226. The highest BCUT2D eigenvalue weighted by molar-refractivity contribution is 9.10. The van der Waals surface area contributed by atoms with Gasteiger partial charge in [0.05, 0.1) is 0 Å². The summed E-state index contributed by atoms with van der Waals surface area (Å²) in [5.41, 5.74) is 7.33. The van der Waals surface area contributed by atoms with Gasteiger partial charge in [-0.15, -0.1) is 11.3 Å². The van der Waals surface area contributed by atoms with Crippen LogP contribution >= 0.6 is 27.3 Å². The molecular weight excluding hydrogens is 298 g/mol. The third kappa shape index (κ3) is 3.68. The van der Waals surface area contributed by atoms with Gasteiger partial charge in [-0.1, -0.05) is 12.1 Å². The summed E-state index contributed by atoms with van der Waals surface area (Å²) in [6.07, 6.45) is 0.969. The first-order valence-electron chi connectivity index (χ1n) is 5.22. The van der Waals surface area contributed by atoms with Gasteiger partial charge in [0.1, 0.15) is 5.78 Å². The van der Waals surface area contributed by atoms with Gasteiger partial charge in [-0.2, -0.15) is 0 Å². The van der Waals surface area contributed by atoms with Crippen molar-refractivity contribution < 1.29 is 4.79 Å². The molecule has 2 aromatic rings. The molecule has 0 fully saturated rings. The molecule has 0 aliphatic rings. The molecule has 0 atom stereocenters. The summed E-state index contributed by atoms with van der Waals surface area (Å²) in [6.45, 7) is 0. The van der Waals surface area contributed by atoms with Crippen LogP contribution in [0.5, 0.6) is 0 Å². The maximum atomic E-state index is 11.8. The zero-order valence-corrected chi connectivity index (χ0v) is 11.6. The van der Waals surface area contributed by atoms with Crippen LogP contribution in [0.1, 0.15) is 10.4 Å². The Hall–Kier alpha value is -1.13.